The summed E-state index contributed by atoms with van der Waals surface area (Å²) >= 11 is 0. The number of aliphatic hydroxyl groups is 1. The van der Waals surface area contributed by atoms with E-state index in [0.29, 0.717) is 12.6 Å². The molecule has 1 aliphatic carbocycles. The van der Waals surface area contributed by atoms with E-state index < -0.39 is 0 Å². The van der Waals surface area contributed by atoms with E-state index >= 15 is 0 Å². The summed E-state index contributed by atoms with van der Waals surface area (Å²) in [6.07, 6.45) is 9.03. The number of fused-ring (bicyclic) bond motifs is 1. The highest BCUT2D eigenvalue weighted by molar-refractivity contribution is 5.50. The van der Waals surface area contributed by atoms with Crippen LogP contribution in [0.1, 0.15) is 35.7 Å². The van der Waals surface area contributed by atoms with Crippen LogP contribution in [0.25, 0.3) is 0 Å². The Hall–Kier alpha value is -1.92. The summed E-state index contributed by atoms with van der Waals surface area (Å²) in [4.78, 5) is 6.37. The number of nitrogens with zero attached hydrogens (tertiary/aromatic N) is 4. The maximum atomic E-state index is 9.15. The smallest absolute Gasteiger partial charge is 0.0644 e. The molecule has 0 spiro atoms. The third kappa shape index (κ3) is 3.38. The molecule has 0 bridgehead atoms. The molecule has 2 aromatic heterocycles. The first kappa shape index (κ1) is 16.0. The lowest BCUT2D eigenvalue weighted by molar-refractivity contribution is 0.266. The molecule has 0 radical (unpaired) electrons. The van der Waals surface area contributed by atoms with Gasteiger partial charge in [-0.2, -0.15) is 5.10 Å². The van der Waals surface area contributed by atoms with E-state index in [1.54, 1.807) is 0 Å². The number of aromatic nitrogens is 3. The highest BCUT2D eigenvalue weighted by Crippen LogP contribution is 2.30. The van der Waals surface area contributed by atoms with Gasteiger partial charge in [0.05, 0.1) is 19.3 Å². The van der Waals surface area contributed by atoms with Gasteiger partial charge in [0.1, 0.15) is 0 Å². The predicted molar refractivity (Wildman–Crippen MR) is 90.4 cm³/mol. The van der Waals surface area contributed by atoms with Gasteiger partial charge in [-0.15, -0.1) is 0 Å². The van der Waals surface area contributed by atoms with Crippen molar-refractivity contribution in [2.24, 2.45) is 0 Å². The zero-order chi connectivity index (χ0) is 16.2. The van der Waals surface area contributed by atoms with Crippen LogP contribution in [0, 0.1) is 0 Å². The Morgan fingerprint density at radius 2 is 2.26 bits per heavy atom. The summed E-state index contributed by atoms with van der Waals surface area (Å²) in [7, 11) is 4.10. The van der Waals surface area contributed by atoms with Gasteiger partial charge >= 0.3 is 0 Å². The van der Waals surface area contributed by atoms with Crippen LogP contribution in [0.15, 0.2) is 24.7 Å². The fourth-order valence-electron chi connectivity index (χ4n) is 3.34. The van der Waals surface area contributed by atoms with Gasteiger partial charge in [0.15, 0.2) is 0 Å². The first-order valence-electron chi connectivity index (χ1n) is 8.19. The molecular formula is C17H25N5O. The van der Waals surface area contributed by atoms with Crippen LogP contribution >= 0.6 is 0 Å². The lowest BCUT2D eigenvalue weighted by atomic mass is 9.93. The van der Waals surface area contributed by atoms with Gasteiger partial charge in [0.2, 0.25) is 0 Å². The second-order valence-corrected chi connectivity index (χ2v) is 6.22. The highest BCUT2D eigenvalue weighted by atomic mass is 16.3. The zero-order valence-corrected chi connectivity index (χ0v) is 13.9. The minimum absolute atomic E-state index is 0.133. The second-order valence-electron chi connectivity index (χ2n) is 6.22. The highest BCUT2D eigenvalue weighted by Gasteiger charge is 2.24. The van der Waals surface area contributed by atoms with Crippen molar-refractivity contribution in [1.82, 2.24) is 20.1 Å². The number of anilines is 1. The largest absolute Gasteiger partial charge is 0.394 e. The van der Waals surface area contributed by atoms with E-state index in [-0.39, 0.29) is 6.61 Å². The molecule has 0 amide bonds. The third-order valence-corrected chi connectivity index (χ3v) is 4.47. The Morgan fingerprint density at radius 1 is 1.39 bits per heavy atom. The third-order valence-electron chi connectivity index (χ3n) is 4.47. The van der Waals surface area contributed by atoms with Crippen molar-refractivity contribution >= 4 is 5.69 Å². The number of hydrogen-bond donors (Lipinski definition) is 2. The van der Waals surface area contributed by atoms with E-state index in [4.69, 9.17) is 5.11 Å². The molecule has 1 atom stereocenters. The van der Waals surface area contributed by atoms with Gasteiger partial charge in [-0.3, -0.25) is 9.67 Å². The van der Waals surface area contributed by atoms with Crippen molar-refractivity contribution in [2.75, 3.05) is 25.6 Å². The normalized spacial score (nSPS) is 17.1. The quantitative estimate of drug-likeness (QED) is 0.846. The summed E-state index contributed by atoms with van der Waals surface area (Å²) in [5, 5.41) is 17.2. The van der Waals surface area contributed by atoms with Crippen LogP contribution in [0.2, 0.25) is 0 Å². The topological polar surface area (TPSA) is 66.2 Å². The fourth-order valence-corrected chi connectivity index (χ4v) is 3.34. The average molecular weight is 315 g/mol. The Labute approximate surface area is 137 Å². The number of pyridine rings is 1. The fraction of sp³-hybridized carbons (Fsp3) is 0.529. The average Bonchev–Trinajstić information content (AvgIpc) is 2.97. The van der Waals surface area contributed by atoms with E-state index in [0.717, 1.165) is 25.8 Å². The van der Waals surface area contributed by atoms with Crippen LogP contribution in [0.4, 0.5) is 5.69 Å². The minimum Gasteiger partial charge on any atom is -0.394 e. The molecular weight excluding hydrogens is 290 g/mol. The summed E-state index contributed by atoms with van der Waals surface area (Å²) in [5.74, 6) is 0. The SMILES string of the molecule is CN(C)c1ccncc1CNC1CCCc2c1cnn2CCO. The molecule has 3 rings (SSSR count). The first-order valence-corrected chi connectivity index (χ1v) is 8.19. The molecule has 124 valence electrons. The lowest BCUT2D eigenvalue weighted by Crippen LogP contribution is -2.26. The molecule has 1 aliphatic rings. The van der Waals surface area contributed by atoms with Crippen LogP contribution in [-0.4, -0.2) is 40.6 Å². The van der Waals surface area contributed by atoms with Crippen molar-refractivity contribution in [3.05, 3.63) is 41.5 Å². The van der Waals surface area contributed by atoms with Crippen molar-refractivity contribution in [1.29, 1.82) is 0 Å². The van der Waals surface area contributed by atoms with Crippen molar-refractivity contribution < 1.29 is 5.11 Å². The monoisotopic (exact) mass is 315 g/mol. The van der Waals surface area contributed by atoms with Gasteiger partial charge in [-0.1, -0.05) is 0 Å². The van der Waals surface area contributed by atoms with Gasteiger partial charge in [-0.25, -0.2) is 0 Å². The Morgan fingerprint density at radius 3 is 3.04 bits per heavy atom. The summed E-state index contributed by atoms with van der Waals surface area (Å²) in [6.45, 7) is 1.50. The number of nitrogens with one attached hydrogen (secondary N) is 1. The molecule has 23 heavy (non-hydrogen) atoms. The molecule has 0 aromatic carbocycles. The maximum absolute atomic E-state index is 9.15. The summed E-state index contributed by atoms with van der Waals surface area (Å²) in [5.41, 5.74) is 4.94. The standard InChI is InChI=1S/C17H25N5O/c1-21(2)16-6-7-18-10-13(16)11-19-15-4-3-5-17-14(15)12-20-22(17)8-9-23/h6-7,10,12,15,19,23H,3-5,8-9,11H2,1-2H3. The molecule has 6 heteroatoms. The Balaban J connectivity index is 1.73. The number of rotatable bonds is 6. The van der Waals surface area contributed by atoms with Crippen LogP contribution in [0.5, 0.6) is 0 Å². The molecule has 0 aliphatic heterocycles. The van der Waals surface area contributed by atoms with Gasteiger partial charge in [0, 0.05) is 61.6 Å². The van der Waals surface area contributed by atoms with Crippen LogP contribution < -0.4 is 10.2 Å². The molecule has 1 unspecified atom stereocenters. The molecule has 2 aromatic rings. The predicted octanol–water partition coefficient (Wildman–Crippen LogP) is 1.50. The Kier molecular flexibility index (Phi) is 4.93. The van der Waals surface area contributed by atoms with Crippen LogP contribution in [0.3, 0.4) is 0 Å². The first-order chi connectivity index (χ1) is 11.2. The molecule has 6 nitrogen and oxygen atoms in total. The lowest BCUT2D eigenvalue weighted by Gasteiger charge is -2.25. The minimum atomic E-state index is 0.133. The van der Waals surface area contributed by atoms with E-state index in [1.807, 2.05) is 29.3 Å². The van der Waals surface area contributed by atoms with E-state index in [2.05, 4.69) is 34.4 Å². The van der Waals surface area contributed by atoms with Gasteiger partial charge in [-0.05, 0) is 25.3 Å². The van der Waals surface area contributed by atoms with Crippen molar-refractivity contribution in [3.8, 4) is 0 Å². The zero-order valence-electron chi connectivity index (χ0n) is 13.9. The Bertz CT molecular complexity index is 652. The molecule has 2 N–H and O–H groups in total. The van der Waals surface area contributed by atoms with Crippen LogP contribution in [-0.2, 0) is 19.5 Å². The van der Waals surface area contributed by atoms with Gasteiger partial charge in [0.25, 0.3) is 0 Å². The molecule has 0 saturated carbocycles. The number of aliphatic hydroxyl groups excluding tert-OH is 1. The van der Waals surface area contributed by atoms with Crippen molar-refractivity contribution in [3.63, 3.8) is 0 Å². The molecule has 0 fully saturated rings. The number of hydrogen-bond acceptors (Lipinski definition) is 5. The van der Waals surface area contributed by atoms with E-state index in [9.17, 15) is 0 Å². The van der Waals surface area contributed by atoms with Crippen molar-refractivity contribution in [2.45, 2.75) is 38.4 Å². The summed E-state index contributed by atoms with van der Waals surface area (Å²) in [6, 6.07) is 2.36. The second kappa shape index (κ2) is 7.10. The molecule has 2 heterocycles. The summed E-state index contributed by atoms with van der Waals surface area (Å²) < 4.78 is 1.94. The van der Waals surface area contributed by atoms with Gasteiger partial charge < -0.3 is 15.3 Å². The van der Waals surface area contributed by atoms with E-state index in [1.165, 1.54) is 22.5 Å². The maximum Gasteiger partial charge on any atom is 0.0644 e. The molecule has 0 saturated heterocycles.